The van der Waals surface area contributed by atoms with Crippen LogP contribution >= 0.6 is 23.7 Å². The molecule has 2 aromatic rings. The smallest absolute Gasteiger partial charge is 0.228 e. The lowest BCUT2D eigenvalue weighted by Crippen LogP contribution is -2.48. The van der Waals surface area contributed by atoms with Crippen LogP contribution in [0.1, 0.15) is 32.1 Å². The van der Waals surface area contributed by atoms with Crippen LogP contribution in [0.4, 0.5) is 5.00 Å². The average Bonchev–Trinajstić information content (AvgIpc) is 3.03. The Bertz CT molecular complexity index is 706. The molecule has 4 nitrogen and oxygen atoms in total. The molecule has 0 radical (unpaired) electrons. The molecule has 1 amide bonds. The zero-order valence-electron chi connectivity index (χ0n) is 14.1. The Hall–Kier alpha value is -1.43. The van der Waals surface area contributed by atoms with Crippen molar-refractivity contribution >= 4 is 34.7 Å². The first-order valence-corrected chi connectivity index (χ1v) is 9.65. The second kappa shape index (κ2) is 7.85. The Labute approximate surface area is 158 Å². The minimum Gasteiger partial charge on any atom is -0.327 e. The number of carbonyl (C=O) groups is 1. The van der Waals surface area contributed by atoms with Crippen LogP contribution < -0.4 is 11.1 Å². The molecule has 0 spiro atoms. The van der Waals surface area contributed by atoms with Gasteiger partial charge in [-0.15, -0.1) is 23.7 Å². The molecule has 25 heavy (non-hydrogen) atoms. The Morgan fingerprint density at radius 2 is 1.84 bits per heavy atom. The zero-order chi connectivity index (χ0) is 16.5. The van der Waals surface area contributed by atoms with Gasteiger partial charge in [-0.2, -0.15) is 0 Å². The number of anilines is 1. The summed E-state index contributed by atoms with van der Waals surface area (Å²) >= 11 is 1.49. The molecule has 1 aromatic heterocycles. The quantitative estimate of drug-likeness (QED) is 0.836. The van der Waals surface area contributed by atoms with Crippen LogP contribution in [0.2, 0.25) is 0 Å². The number of carbonyl (C=O) groups excluding carboxylic acids is 1. The van der Waals surface area contributed by atoms with Crippen LogP contribution in [-0.2, 0) is 4.79 Å². The zero-order valence-corrected chi connectivity index (χ0v) is 15.7. The molecule has 2 aliphatic carbocycles. The van der Waals surface area contributed by atoms with Gasteiger partial charge in [0.1, 0.15) is 10.7 Å². The molecule has 2 atom stereocenters. The monoisotopic (exact) mass is 377 g/mol. The van der Waals surface area contributed by atoms with Crippen LogP contribution in [0, 0.1) is 17.8 Å². The third-order valence-corrected chi connectivity index (χ3v) is 6.38. The molecule has 0 saturated heterocycles. The van der Waals surface area contributed by atoms with Crippen LogP contribution in [-0.4, -0.2) is 16.9 Å². The fraction of sp³-hybridized carbons (Fsp3) is 0.474. The highest BCUT2D eigenvalue weighted by Gasteiger charge is 2.40. The molecule has 6 heteroatoms. The maximum atomic E-state index is 12.8. The minimum atomic E-state index is 0. The Kier molecular flexibility index (Phi) is 5.77. The van der Waals surface area contributed by atoms with Crippen LogP contribution in [0.25, 0.3) is 11.3 Å². The van der Waals surface area contributed by atoms with E-state index >= 15 is 0 Å². The lowest BCUT2D eigenvalue weighted by molar-refractivity contribution is -0.122. The lowest BCUT2D eigenvalue weighted by atomic mass is 9.65. The number of amides is 1. The highest BCUT2D eigenvalue weighted by molar-refractivity contribution is 7.14. The molecular formula is C19H24ClN3OS. The molecule has 3 N–H and O–H groups in total. The number of rotatable bonds is 3. The molecule has 134 valence electrons. The van der Waals surface area contributed by atoms with Gasteiger partial charge in [0.2, 0.25) is 5.91 Å². The normalized spacial score (nSPS) is 28.0. The molecular weight excluding hydrogens is 354 g/mol. The number of hydrogen-bond donors (Lipinski definition) is 2. The maximum absolute atomic E-state index is 12.8. The highest BCUT2D eigenvalue weighted by atomic mass is 35.5. The van der Waals surface area contributed by atoms with E-state index in [0.29, 0.717) is 17.9 Å². The number of nitrogens with two attached hydrogens (primary N) is 1. The number of nitrogens with one attached hydrogen (secondary N) is 1. The fourth-order valence-electron chi connectivity index (χ4n) is 4.35. The number of fused-ring (bicyclic) bond motifs is 2. The Morgan fingerprint density at radius 3 is 2.52 bits per heavy atom. The van der Waals surface area contributed by atoms with E-state index in [1.165, 1.54) is 30.6 Å². The molecule has 1 aromatic carbocycles. The van der Waals surface area contributed by atoms with Crippen molar-refractivity contribution in [2.24, 2.45) is 23.5 Å². The summed E-state index contributed by atoms with van der Waals surface area (Å²) in [6.07, 6.45) is 5.49. The second-order valence-electron chi connectivity index (χ2n) is 7.08. The van der Waals surface area contributed by atoms with Crippen molar-refractivity contribution in [3.8, 4) is 11.3 Å². The van der Waals surface area contributed by atoms with Gasteiger partial charge in [0.15, 0.2) is 0 Å². The van der Waals surface area contributed by atoms with Crippen LogP contribution in [0.15, 0.2) is 35.8 Å². The summed E-state index contributed by atoms with van der Waals surface area (Å²) < 4.78 is 0. The summed E-state index contributed by atoms with van der Waals surface area (Å²) in [6, 6.07) is 10.3. The summed E-state index contributed by atoms with van der Waals surface area (Å²) in [5.74, 6) is 1.26. The van der Waals surface area contributed by atoms with E-state index < -0.39 is 0 Å². The minimum absolute atomic E-state index is 0. The van der Waals surface area contributed by atoms with Crippen molar-refractivity contribution in [2.75, 3.05) is 5.32 Å². The third-order valence-electron chi connectivity index (χ3n) is 5.64. The van der Waals surface area contributed by atoms with Crippen molar-refractivity contribution in [1.29, 1.82) is 0 Å². The van der Waals surface area contributed by atoms with Crippen molar-refractivity contribution < 1.29 is 4.79 Å². The van der Waals surface area contributed by atoms with E-state index in [-0.39, 0.29) is 24.2 Å². The molecule has 0 aliphatic heterocycles. The van der Waals surface area contributed by atoms with Crippen molar-refractivity contribution in [3.63, 3.8) is 0 Å². The highest BCUT2D eigenvalue weighted by Crippen LogP contribution is 2.42. The average molecular weight is 378 g/mol. The Morgan fingerprint density at radius 1 is 1.16 bits per heavy atom. The molecule has 2 aliphatic rings. The van der Waals surface area contributed by atoms with E-state index in [9.17, 15) is 4.79 Å². The van der Waals surface area contributed by atoms with Gasteiger partial charge in [0.05, 0.1) is 5.51 Å². The van der Waals surface area contributed by atoms with E-state index in [0.717, 1.165) is 29.1 Å². The SMILES string of the molecule is Cl.NC1C2CCCC1CC(C(=O)Nc1scnc1-c1ccccc1)C2. The predicted octanol–water partition coefficient (Wildman–Crippen LogP) is 4.32. The van der Waals surface area contributed by atoms with Crippen molar-refractivity contribution in [1.82, 2.24) is 4.98 Å². The van der Waals surface area contributed by atoms with E-state index in [2.05, 4.69) is 10.3 Å². The van der Waals surface area contributed by atoms with Gasteiger partial charge in [0, 0.05) is 17.5 Å². The number of hydrogen-bond acceptors (Lipinski definition) is 4. The van der Waals surface area contributed by atoms with E-state index in [1.807, 2.05) is 30.3 Å². The molecule has 2 fully saturated rings. The predicted molar refractivity (Wildman–Crippen MR) is 105 cm³/mol. The summed E-state index contributed by atoms with van der Waals surface area (Å²) in [5.41, 5.74) is 10.0. The second-order valence-corrected chi connectivity index (χ2v) is 7.94. The number of nitrogens with zero attached hydrogens (tertiary/aromatic N) is 1. The Balaban J connectivity index is 0.00000182. The summed E-state index contributed by atoms with van der Waals surface area (Å²) in [7, 11) is 0. The van der Waals surface area contributed by atoms with Gasteiger partial charge in [0.25, 0.3) is 0 Å². The number of aromatic nitrogens is 1. The molecule has 4 rings (SSSR count). The van der Waals surface area contributed by atoms with Crippen LogP contribution in [0.3, 0.4) is 0 Å². The first-order chi connectivity index (χ1) is 11.7. The summed E-state index contributed by atoms with van der Waals surface area (Å²) in [6.45, 7) is 0. The van der Waals surface area contributed by atoms with Gasteiger partial charge in [-0.1, -0.05) is 36.8 Å². The summed E-state index contributed by atoms with van der Waals surface area (Å²) in [5, 5.41) is 3.99. The van der Waals surface area contributed by atoms with Gasteiger partial charge in [-0.05, 0) is 37.5 Å². The van der Waals surface area contributed by atoms with E-state index in [1.54, 1.807) is 5.51 Å². The number of halogens is 1. The van der Waals surface area contributed by atoms with Crippen molar-refractivity contribution in [2.45, 2.75) is 38.1 Å². The fourth-order valence-corrected chi connectivity index (χ4v) is 5.06. The number of thiazole rings is 1. The van der Waals surface area contributed by atoms with Crippen LogP contribution in [0.5, 0.6) is 0 Å². The molecule has 2 unspecified atom stereocenters. The van der Waals surface area contributed by atoms with E-state index in [4.69, 9.17) is 5.73 Å². The molecule has 2 bridgehead atoms. The van der Waals surface area contributed by atoms with Gasteiger partial charge in [-0.3, -0.25) is 4.79 Å². The standard InChI is InChI=1S/C19H23N3OS.ClH/c20-16-13-7-4-8-14(16)10-15(9-13)18(23)22-19-17(21-11-24-19)12-5-2-1-3-6-12;/h1-3,5-6,11,13-16H,4,7-10,20H2,(H,22,23);1H. The first-order valence-electron chi connectivity index (χ1n) is 8.77. The van der Waals surface area contributed by atoms with Gasteiger partial charge >= 0.3 is 0 Å². The third kappa shape index (κ3) is 3.73. The topological polar surface area (TPSA) is 68.0 Å². The first kappa shape index (κ1) is 18.4. The maximum Gasteiger partial charge on any atom is 0.228 e. The van der Waals surface area contributed by atoms with Gasteiger partial charge in [-0.25, -0.2) is 4.98 Å². The number of benzene rings is 1. The van der Waals surface area contributed by atoms with Gasteiger partial charge < -0.3 is 11.1 Å². The largest absolute Gasteiger partial charge is 0.327 e. The lowest BCUT2D eigenvalue weighted by Gasteiger charge is -2.43. The molecule has 2 saturated carbocycles. The summed E-state index contributed by atoms with van der Waals surface area (Å²) in [4.78, 5) is 17.3. The van der Waals surface area contributed by atoms with Crippen molar-refractivity contribution in [3.05, 3.63) is 35.8 Å². The molecule has 1 heterocycles.